The van der Waals surface area contributed by atoms with Crippen molar-refractivity contribution < 1.29 is 27.4 Å². The quantitative estimate of drug-likeness (QED) is 0.0952. The van der Waals surface area contributed by atoms with E-state index in [0.29, 0.717) is 44.7 Å². The third-order valence-corrected chi connectivity index (χ3v) is 8.77. The molecule has 1 atom stereocenters. The third-order valence-electron chi connectivity index (χ3n) is 8.48. The first kappa shape index (κ1) is 38.8. The minimum absolute atomic E-state index is 0.0537. The van der Waals surface area contributed by atoms with Gasteiger partial charge in [0.25, 0.3) is 11.5 Å². The number of aryl methyl sites for hydroxylation is 2. The number of fused-ring (bicyclic) bond motifs is 3. The fourth-order valence-electron chi connectivity index (χ4n) is 5.94. The molecule has 276 valence electrons. The average Bonchev–Trinajstić information content (AvgIpc) is 3.11. The van der Waals surface area contributed by atoms with Gasteiger partial charge in [-0.3, -0.25) is 19.6 Å². The molecular formula is C40H39ClF3N5O4. The molecule has 6 rings (SSSR count). The summed E-state index contributed by atoms with van der Waals surface area (Å²) < 4.78 is 53.4. The molecule has 0 aliphatic carbocycles. The molecule has 0 saturated carbocycles. The van der Waals surface area contributed by atoms with Gasteiger partial charge in [0.2, 0.25) is 0 Å². The number of hydrogen-bond donors (Lipinski definition) is 3. The van der Waals surface area contributed by atoms with Crippen molar-refractivity contribution in [2.45, 2.75) is 46.7 Å². The number of benzene rings is 3. The number of nitrogens with one attached hydrogen (secondary N) is 2. The topological polar surface area (TPSA) is 132 Å². The van der Waals surface area contributed by atoms with Gasteiger partial charge in [-0.15, -0.1) is 0 Å². The van der Waals surface area contributed by atoms with Crippen molar-refractivity contribution >= 4 is 39.2 Å². The molecule has 6 aromatic rings. The smallest absolute Gasteiger partial charge is 0.258 e. The first-order valence-electron chi connectivity index (χ1n) is 16.8. The van der Waals surface area contributed by atoms with Crippen LogP contribution in [0.3, 0.4) is 0 Å². The molecule has 3 heterocycles. The van der Waals surface area contributed by atoms with Crippen LogP contribution in [0, 0.1) is 37.2 Å². The summed E-state index contributed by atoms with van der Waals surface area (Å²) in [6, 6.07) is 15.0. The number of amides is 1. The Morgan fingerprint density at radius 3 is 2.30 bits per heavy atom. The van der Waals surface area contributed by atoms with E-state index in [9.17, 15) is 22.8 Å². The third kappa shape index (κ3) is 9.13. The summed E-state index contributed by atoms with van der Waals surface area (Å²) in [6.45, 7) is 8.02. The monoisotopic (exact) mass is 745 g/mol. The van der Waals surface area contributed by atoms with Crippen LogP contribution in [0.25, 0.3) is 32.8 Å². The van der Waals surface area contributed by atoms with Crippen LogP contribution >= 0.6 is 11.6 Å². The highest BCUT2D eigenvalue weighted by Gasteiger charge is 2.20. The van der Waals surface area contributed by atoms with Crippen LogP contribution in [0.5, 0.6) is 11.5 Å². The summed E-state index contributed by atoms with van der Waals surface area (Å²) in [5.41, 5.74) is 8.51. The van der Waals surface area contributed by atoms with Crippen molar-refractivity contribution in [1.29, 1.82) is 0 Å². The van der Waals surface area contributed by atoms with Gasteiger partial charge in [0.05, 0.1) is 40.0 Å². The zero-order chi connectivity index (χ0) is 38.4. The van der Waals surface area contributed by atoms with Crippen molar-refractivity contribution in [2.24, 2.45) is 11.7 Å². The summed E-state index contributed by atoms with van der Waals surface area (Å²) in [5.74, 6) is -1.16. The number of aromatic amines is 1. The molecule has 0 bridgehead atoms. The van der Waals surface area contributed by atoms with Crippen molar-refractivity contribution in [3.05, 3.63) is 128 Å². The Morgan fingerprint density at radius 2 is 1.60 bits per heavy atom. The van der Waals surface area contributed by atoms with Gasteiger partial charge >= 0.3 is 0 Å². The van der Waals surface area contributed by atoms with E-state index in [4.69, 9.17) is 26.8 Å². The van der Waals surface area contributed by atoms with Gasteiger partial charge in [-0.05, 0) is 79.6 Å². The second-order valence-electron chi connectivity index (χ2n) is 12.9. The van der Waals surface area contributed by atoms with E-state index in [0.717, 1.165) is 24.1 Å². The number of nitrogens with two attached hydrogens (primary N) is 1. The number of ether oxygens (including phenoxy) is 2. The molecule has 0 unspecified atom stereocenters. The lowest BCUT2D eigenvalue weighted by atomic mass is 9.98. The van der Waals surface area contributed by atoms with Crippen LogP contribution in [-0.2, 0) is 6.54 Å². The zero-order valence-electron chi connectivity index (χ0n) is 29.8. The summed E-state index contributed by atoms with van der Waals surface area (Å²) in [5, 5.41) is 4.24. The number of halogens is 4. The van der Waals surface area contributed by atoms with Crippen LogP contribution in [-0.4, -0.2) is 40.6 Å². The lowest BCUT2D eigenvalue weighted by molar-refractivity contribution is 0.0950. The number of H-pyrrole nitrogens is 1. The molecule has 0 fully saturated rings. The summed E-state index contributed by atoms with van der Waals surface area (Å²) >= 11 is 5.63. The van der Waals surface area contributed by atoms with Gasteiger partial charge in [-0.2, -0.15) is 0 Å². The van der Waals surface area contributed by atoms with Crippen LogP contribution in [0.2, 0.25) is 5.02 Å². The first-order chi connectivity index (χ1) is 25.3. The number of rotatable bonds is 10. The molecule has 0 saturated heterocycles. The van der Waals surface area contributed by atoms with Crippen molar-refractivity contribution in [1.82, 2.24) is 20.3 Å². The van der Waals surface area contributed by atoms with E-state index in [1.807, 2.05) is 12.1 Å². The Hall–Kier alpha value is -5.46. The van der Waals surface area contributed by atoms with Crippen molar-refractivity contribution in [3.63, 3.8) is 0 Å². The van der Waals surface area contributed by atoms with Gasteiger partial charge in [0, 0.05) is 47.6 Å². The summed E-state index contributed by atoms with van der Waals surface area (Å²) in [4.78, 5) is 36.2. The lowest BCUT2D eigenvalue weighted by Gasteiger charge is -2.16. The standard InChI is InChI=1S/C21H17ClF2N2O2.C19H22FN3O2/c1-12-20(21(27)26-11-13-3-5-14(28-2)6-4-13)15(7-8-25-12)16-9-19(24)17(22)10-18(16)23;1-10(2)6-12(21)9-25-17-8-16-14(7-15(17)20)13-4-5-22-11(3)18(13)19(24)23-16/h3-10H,11H2,1-2H3,(H,26,27);4-5,7-8,10,12H,6,9,21H2,1-3H3,(H,23,24)/t;12-/m.0/s1. The maximum atomic E-state index is 14.5. The minimum atomic E-state index is -0.767. The van der Waals surface area contributed by atoms with Crippen molar-refractivity contribution in [2.75, 3.05) is 13.7 Å². The van der Waals surface area contributed by atoms with Crippen LogP contribution in [0.4, 0.5) is 13.2 Å². The van der Waals surface area contributed by atoms with E-state index in [1.54, 1.807) is 45.4 Å². The normalized spacial score (nSPS) is 11.7. The highest BCUT2D eigenvalue weighted by atomic mass is 35.5. The highest BCUT2D eigenvalue weighted by Crippen LogP contribution is 2.32. The largest absolute Gasteiger partial charge is 0.497 e. The Labute approximate surface area is 309 Å². The molecular weight excluding hydrogens is 707 g/mol. The number of pyridine rings is 3. The first-order valence-corrected chi connectivity index (χ1v) is 17.2. The van der Waals surface area contributed by atoms with E-state index < -0.39 is 23.4 Å². The second-order valence-corrected chi connectivity index (χ2v) is 13.3. The van der Waals surface area contributed by atoms with E-state index >= 15 is 0 Å². The SMILES string of the molecule is COc1ccc(CNC(=O)c2c(-c3cc(F)c(Cl)cc3F)ccnc2C)cc1.Cc1nccc2c1c(=O)[nH]c1cc(OC[C@@H](N)CC(C)C)c(F)cc12. The average molecular weight is 746 g/mol. The Balaban J connectivity index is 0.000000206. The number of aromatic nitrogens is 3. The molecule has 4 N–H and O–H groups in total. The van der Waals surface area contributed by atoms with Gasteiger partial charge in [0.1, 0.15) is 24.0 Å². The van der Waals surface area contributed by atoms with Crippen molar-refractivity contribution in [3.8, 4) is 22.6 Å². The second kappa shape index (κ2) is 16.9. The molecule has 3 aromatic heterocycles. The Morgan fingerprint density at radius 1 is 0.906 bits per heavy atom. The zero-order valence-corrected chi connectivity index (χ0v) is 30.6. The molecule has 3 aromatic carbocycles. The number of carbonyl (C=O) groups is 1. The molecule has 0 spiro atoms. The summed E-state index contributed by atoms with van der Waals surface area (Å²) in [6.07, 6.45) is 3.85. The Kier molecular flexibility index (Phi) is 12.4. The predicted molar refractivity (Wildman–Crippen MR) is 201 cm³/mol. The number of hydrogen-bond acceptors (Lipinski definition) is 7. The lowest BCUT2D eigenvalue weighted by Crippen LogP contribution is -2.29. The van der Waals surface area contributed by atoms with E-state index in [-0.39, 0.29) is 52.2 Å². The summed E-state index contributed by atoms with van der Waals surface area (Å²) in [7, 11) is 1.57. The molecule has 0 radical (unpaired) electrons. The molecule has 53 heavy (non-hydrogen) atoms. The molecule has 0 aliphatic heterocycles. The molecule has 0 aliphatic rings. The molecule has 1 amide bonds. The fourth-order valence-corrected chi connectivity index (χ4v) is 6.09. The van der Waals surface area contributed by atoms with Crippen LogP contribution < -0.4 is 26.1 Å². The van der Waals surface area contributed by atoms with Crippen LogP contribution in [0.15, 0.2) is 77.9 Å². The van der Waals surface area contributed by atoms with Gasteiger partial charge in [0.15, 0.2) is 11.6 Å². The fraction of sp³-hybridized carbons (Fsp3) is 0.250. The molecule has 13 heteroatoms. The number of methoxy groups -OCH3 is 1. The Bertz CT molecular complexity index is 2330. The van der Waals surface area contributed by atoms with E-state index in [1.165, 1.54) is 24.4 Å². The number of nitrogens with zero attached hydrogens (tertiary/aromatic N) is 2. The van der Waals surface area contributed by atoms with Gasteiger partial charge in [-0.25, -0.2) is 13.2 Å². The maximum Gasteiger partial charge on any atom is 0.258 e. The van der Waals surface area contributed by atoms with Gasteiger partial charge in [-0.1, -0.05) is 37.6 Å². The maximum absolute atomic E-state index is 14.5. The molecule has 9 nitrogen and oxygen atoms in total. The van der Waals surface area contributed by atoms with Gasteiger partial charge < -0.3 is 25.5 Å². The highest BCUT2D eigenvalue weighted by molar-refractivity contribution is 6.30. The van der Waals surface area contributed by atoms with E-state index in [2.05, 4.69) is 34.1 Å². The number of carbonyl (C=O) groups excluding carboxylic acids is 1. The van der Waals surface area contributed by atoms with Crippen LogP contribution in [0.1, 0.15) is 47.6 Å². The predicted octanol–water partition coefficient (Wildman–Crippen LogP) is 8.20. The minimum Gasteiger partial charge on any atom is -0.497 e.